The maximum atomic E-state index is 11.0. The molecular weight excluding hydrogens is 182 g/mol. The highest BCUT2D eigenvalue weighted by Crippen LogP contribution is 2.41. The van der Waals surface area contributed by atoms with Gasteiger partial charge in [-0.2, -0.15) is 0 Å². The van der Waals surface area contributed by atoms with Gasteiger partial charge < -0.3 is 9.63 Å². The summed E-state index contributed by atoms with van der Waals surface area (Å²) in [6.07, 6.45) is 3.09. The lowest BCUT2D eigenvalue weighted by Crippen LogP contribution is -2.28. The minimum atomic E-state index is -0.823. The Balaban J connectivity index is 2.42. The normalized spacial score (nSPS) is 24.3. The molecule has 4 heteroatoms. The third kappa shape index (κ3) is 1.41. The minimum absolute atomic E-state index is 0.0155. The zero-order valence-corrected chi connectivity index (χ0v) is 8.28. The van der Waals surface area contributed by atoms with Crippen LogP contribution in [0.15, 0.2) is 10.7 Å². The van der Waals surface area contributed by atoms with E-state index in [-0.39, 0.29) is 5.41 Å². The van der Waals surface area contributed by atoms with Crippen LogP contribution in [0, 0.1) is 5.41 Å². The van der Waals surface area contributed by atoms with Crippen molar-refractivity contribution in [3.8, 4) is 0 Å². The van der Waals surface area contributed by atoms with Crippen molar-refractivity contribution < 1.29 is 14.4 Å². The molecule has 0 saturated carbocycles. The average Bonchev–Trinajstić information content (AvgIpc) is 2.47. The smallest absolute Gasteiger partial charge is 0.314 e. The van der Waals surface area contributed by atoms with Gasteiger partial charge in [0, 0.05) is 5.56 Å². The van der Waals surface area contributed by atoms with Crippen LogP contribution in [0.3, 0.4) is 0 Å². The van der Waals surface area contributed by atoms with Crippen LogP contribution >= 0.6 is 0 Å². The van der Waals surface area contributed by atoms with E-state index in [0.717, 1.165) is 12.0 Å². The van der Waals surface area contributed by atoms with E-state index >= 15 is 0 Å². The molecule has 76 valence electrons. The van der Waals surface area contributed by atoms with Crippen molar-refractivity contribution in [2.45, 2.75) is 32.6 Å². The summed E-state index contributed by atoms with van der Waals surface area (Å²) in [6.45, 7) is 4.14. The van der Waals surface area contributed by atoms with Crippen LogP contribution in [0.4, 0.5) is 0 Å². The van der Waals surface area contributed by atoms with E-state index in [0.29, 0.717) is 12.2 Å². The number of rotatable bonds is 1. The molecule has 1 aliphatic rings. The maximum absolute atomic E-state index is 11.0. The summed E-state index contributed by atoms with van der Waals surface area (Å²) < 4.78 is 4.99. The molecule has 0 saturated heterocycles. The van der Waals surface area contributed by atoms with E-state index in [9.17, 15) is 4.79 Å². The summed E-state index contributed by atoms with van der Waals surface area (Å²) in [4.78, 5) is 11.0. The molecule has 1 aliphatic carbocycles. The van der Waals surface area contributed by atoms with Gasteiger partial charge in [0.15, 0.2) is 5.76 Å². The van der Waals surface area contributed by atoms with Crippen molar-refractivity contribution in [1.29, 1.82) is 0 Å². The molecule has 0 aliphatic heterocycles. The van der Waals surface area contributed by atoms with Crippen molar-refractivity contribution in [3.05, 3.63) is 17.5 Å². The van der Waals surface area contributed by atoms with E-state index in [1.807, 2.05) is 0 Å². The van der Waals surface area contributed by atoms with Crippen LogP contribution in [0.5, 0.6) is 0 Å². The lowest BCUT2D eigenvalue weighted by molar-refractivity contribution is -0.140. The summed E-state index contributed by atoms with van der Waals surface area (Å²) in [5.74, 6) is -0.816. The molecular formula is C10H13NO3. The molecule has 0 radical (unpaired) electrons. The number of nitrogens with zero attached hydrogens (tertiary/aromatic N) is 1. The Morgan fingerprint density at radius 1 is 1.71 bits per heavy atom. The van der Waals surface area contributed by atoms with Gasteiger partial charge in [-0.25, -0.2) is 0 Å². The van der Waals surface area contributed by atoms with Crippen LogP contribution in [0.2, 0.25) is 0 Å². The highest BCUT2D eigenvalue weighted by molar-refractivity contribution is 5.76. The standard InChI is InChI=1S/C10H13NO3/c1-10(2)3-6-5-11-14-8(6)7(4-10)9(12)13/h5,7H,3-4H2,1-2H3,(H,12,13). The number of aromatic nitrogens is 1. The number of fused-ring (bicyclic) bond motifs is 1. The number of carboxylic acids is 1. The van der Waals surface area contributed by atoms with Gasteiger partial charge in [0.1, 0.15) is 5.92 Å². The molecule has 14 heavy (non-hydrogen) atoms. The van der Waals surface area contributed by atoms with Crippen LogP contribution in [0.1, 0.15) is 37.5 Å². The van der Waals surface area contributed by atoms with Gasteiger partial charge >= 0.3 is 5.97 Å². The fourth-order valence-corrected chi connectivity index (χ4v) is 2.12. The Labute approximate surface area is 81.9 Å². The third-order valence-corrected chi connectivity index (χ3v) is 2.72. The number of hydrogen-bond acceptors (Lipinski definition) is 3. The Morgan fingerprint density at radius 3 is 3.07 bits per heavy atom. The topological polar surface area (TPSA) is 63.3 Å². The number of aliphatic carboxylic acids is 1. The van der Waals surface area contributed by atoms with Gasteiger partial charge in [0.05, 0.1) is 6.20 Å². The lowest BCUT2D eigenvalue weighted by Gasteiger charge is -2.31. The largest absolute Gasteiger partial charge is 0.481 e. The van der Waals surface area contributed by atoms with E-state index in [4.69, 9.17) is 9.63 Å². The summed E-state index contributed by atoms with van der Waals surface area (Å²) in [5, 5.41) is 12.7. The fourth-order valence-electron chi connectivity index (χ4n) is 2.12. The van der Waals surface area contributed by atoms with Gasteiger partial charge in [-0.05, 0) is 18.3 Å². The van der Waals surface area contributed by atoms with E-state index in [1.165, 1.54) is 0 Å². The number of carbonyl (C=O) groups is 1. The Morgan fingerprint density at radius 2 is 2.43 bits per heavy atom. The molecule has 0 fully saturated rings. The molecule has 0 amide bonds. The van der Waals surface area contributed by atoms with E-state index in [1.54, 1.807) is 6.20 Å². The molecule has 0 aromatic carbocycles. The summed E-state index contributed by atoms with van der Waals surface area (Å²) in [7, 11) is 0. The molecule has 1 N–H and O–H groups in total. The summed E-state index contributed by atoms with van der Waals surface area (Å²) >= 11 is 0. The Hall–Kier alpha value is -1.32. The van der Waals surface area contributed by atoms with Crippen molar-refractivity contribution in [2.24, 2.45) is 5.41 Å². The first-order valence-corrected chi connectivity index (χ1v) is 4.66. The molecule has 0 bridgehead atoms. The first-order chi connectivity index (χ1) is 6.49. The molecule has 1 heterocycles. The number of hydrogen-bond donors (Lipinski definition) is 1. The van der Waals surface area contributed by atoms with Gasteiger partial charge in [-0.3, -0.25) is 4.79 Å². The second-order valence-electron chi connectivity index (χ2n) is 4.65. The SMILES string of the molecule is CC1(C)Cc2cnoc2C(C(=O)O)C1. The van der Waals surface area contributed by atoms with E-state index < -0.39 is 11.9 Å². The summed E-state index contributed by atoms with van der Waals surface area (Å²) in [5.41, 5.74) is 0.954. The quantitative estimate of drug-likeness (QED) is 0.742. The molecule has 1 unspecified atom stereocenters. The molecule has 2 rings (SSSR count). The maximum Gasteiger partial charge on any atom is 0.314 e. The monoisotopic (exact) mass is 195 g/mol. The third-order valence-electron chi connectivity index (χ3n) is 2.72. The predicted molar refractivity (Wildman–Crippen MR) is 49.0 cm³/mol. The molecule has 0 spiro atoms. The minimum Gasteiger partial charge on any atom is -0.481 e. The fraction of sp³-hybridized carbons (Fsp3) is 0.600. The molecule has 4 nitrogen and oxygen atoms in total. The predicted octanol–water partition coefficient (Wildman–Crippen LogP) is 1.82. The Kier molecular flexibility index (Phi) is 1.87. The number of carboxylic acid groups (broad SMARTS) is 1. The van der Waals surface area contributed by atoms with Crippen molar-refractivity contribution >= 4 is 5.97 Å². The lowest BCUT2D eigenvalue weighted by atomic mass is 9.72. The van der Waals surface area contributed by atoms with Crippen LogP contribution in [-0.2, 0) is 11.2 Å². The zero-order chi connectivity index (χ0) is 10.3. The molecule has 1 atom stereocenters. The molecule has 1 aromatic heterocycles. The summed E-state index contributed by atoms with van der Waals surface area (Å²) in [6, 6.07) is 0. The van der Waals surface area contributed by atoms with Crippen LogP contribution in [-0.4, -0.2) is 16.2 Å². The average molecular weight is 195 g/mol. The van der Waals surface area contributed by atoms with E-state index in [2.05, 4.69) is 19.0 Å². The first kappa shape index (κ1) is 9.24. The van der Waals surface area contributed by atoms with Crippen LogP contribution < -0.4 is 0 Å². The van der Waals surface area contributed by atoms with Gasteiger partial charge in [-0.1, -0.05) is 19.0 Å². The van der Waals surface area contributed by atoms with Crippen molar-refractivity contribution in [2.75, 3.05) is 0 Å². The van der Waals surface area contributed by atoms with Gasteiger partial charge in [-0.15, -0.1) is 0 Å². The first-order valence-electron chi connectivity index (χ1n) is 4.66. The van der Waals surface area contributed by atoms with Crippen molar-refractivity contribution in [3.63, 3.8) is 0 Å². The van der Waals surface area contributed by atoms with Gasteiger partial charge in [0.2, 0.25) is 0 Å². The highest BCUT2D eigenvalue weighted by atomic mass is 16.5. The second kappa shape index (κ2) is 2.83. The van der Waals surface area contributed by atoms with Crippen molar-refractivity contribution in [1.82, 2.24) is 5.16 Å². The van der Waals surface area contributed by atoms with Gasteiger partial charge in [0.25, 0.3) is 0 Å². The highest BCUT2D eigenvalue weighted by Gasteiger charge is 2.38. The van der Waals surface area contributed by atoms with Crippen LogP contribution in [0.25, 0.3) is 0 Å². The Bertz CT molecular complexity index is 367. The molecule has 1 aromatic rings. The zero-order valence-electron chi connectivity index (χ0n) is 8.28. The second-order valence-corrected chi connectivity index (χ2v) is 4.65.